The average molecular weight is 233 g/mol. The molecule has 0 spiro atoms. The van der Waals surface area contributed by atoms with Crippen molar-refractivity contribution in [1.29, 1.82) is 0 Å². The van der Waals surface area contributed by atoms with Gasteiger partial charge in [0.2, 0.25) is 11.9 Å². The van der Waals surface area contributed by atoms with Gasteiger partial charge in [0.1, 0.15) is 0 Å². The fourth-order valence-corrected chi connectivity index (χ4v) is 1.56. The van der Waals surface area contributed by atoms with Crippen molar-refractivity contribution in [3.8, 4) is 0 Å². The molecule has 0 aliphatic rings. The second kappa shape index (κ2) is 4.92. The Morgan fingerprint density at radius 2 is 2.29 bits per heavy atom. The van der Waals surface area contributed by atoms with Crippen LogP contribution in [0.3, 0.4) is 0 Å². The zero-order valence-corrected chi connectivity index (χ0v) is 9.84. The van der Waals surface area contributed by atoms with E-state index in [1.54, 1.807) is 4.40 Å². The van der Waals surface area contributed by atoms with Gasteiger partial charge in [-0.15, -0.1) is 10.2 Å². The van der Waals surface area contributed by atoms with E-state index in [0.29, 0.717) is 18.1 Å². The largest absolute Gasteiger partial charge is 0.319 e. The monoisotopic (exact) mass is 233 g/mol. The lowest BCUT2D eigenvalue weighted by Crippen LogP contribution is -2.29. The molecule has 0 aromatic carbocycles. The number of rotatable bonds is 4. The van der Waals surface area contributed by atoms with Crippen LogP contribution < -0.4 is 10.6 Å². The summed E-state index contributed by atoms with van der Waals surface area (Å²) < 4.78 is 1.74. The molecule has 0 saturated carbocycles. The maximum absolute atomic E-state index is 11.8. The molecule has 0 fully saturated rings. The molecule has 2 heterocycles. The first kappa shape index (κ1) is 11.5. The minimum atomic E-state index is -0.115. The number of aromatic nitrogens is 3. The molecule has 17 heavy (non-hydrogen) atoms. The van der Waals surface area contributed by atoms with Crippen LogP contribution in [0.25, 0.3) is 5.65 Å². The molecule has 0 saturated heterocycles. The van der Waals surface area contributed by atoms with E-state index in [1.165, 1.54) is 0 Å². The van der Waals surface area contributed by atoms with Crippen molar-refractivity contribution in [2.45, 2.75) is 6.92 Å². The van der Waals surface area contributed by atoms with Gasteiger partial charge in [-0.2, -0.15) is 0 Å². The Kier molecular flexibility index (Phi) is 3.34. The lowest BCUT2D eigenvalue weighted by atomic mass is 10.2. The standard InChI is InChI=1S/C11H15N5O/c1-8(7-12-2)10(17)13-11-15-14-9-5-3-4-6-16(9)11/h3-6,8,12H,7H2,1-2H3,(H,13,15,17). The number of carbonyl (C=O) groups excluding carboxylic acids is 1. The topological polar surface area (TPSA) is 71.3 Å². The van der Waals surface area contributed by atoms with Crippen LogP contribution in [0.4, 0.5) is 5.95 Å². The smallest absolute Gasteiger partial charge is 0.235 e. The Morgan fingerprint density at radius 3 is 3.06 bits per heavy atom. The van der Waals surface area contributed by atoms with Crippen molar-refractivity contribution in [2.75, 3.05) is 18.9 Å². The Hall–Kier alpha value is -1.95. The number of hydrogen-bond acceptors (Lipinski definition) is 4. The second-order valence-corrected chi connectivity index (χ2v) is 3.90. The van der Waals surface area contributed by atoms with Crippen molar-refractivity contribution in [2.24, 2.45) is 5.92 Å². The van der Waals surface area contributed by atoms with E-state index >= 15 is 0 Å². The Balaban J connectivity index is 2.16. The molecule has 1 unspecified atom stereocenters. The van der Waals surface area contributed by atoms with Crippen LogP contribution in [0.2, 0.25) is 0 Å². The van der Waals surface area contributed by atoms with E-state index in [9.17, 15) is 4.79 Å². The minimum absolute atomic E-state index is 0.0718. The van der Waals surface area contributed by atoms with Crippen LogP contribution in [0, 0.1) is 5.92 Å². The average Bonchev–Trinajstić information content (AvgIpc) is 2.73. The summed E-state index contributed by atoms with van der Waals surface area (Å²) in [5, 5.41) is 13.6. The lowest BCUT2D eigenvalue weighted by Gasteiger charge is -2.09. The van der Waals surface area contributed by atoms with Gasteiger partial charge in [0.15, 0.2) is 5.65 Å². The third-order valence-corrected chi connectivity index (χ3v) is 2.51. The molecule has 0 bridgehead atoms. The molecule has 2 rings (SSSR count). The third kappa shape index (κ3) is 2.42. The van der Waals surface area contributed by atoms with Gasteiger partial charge < -0.3 is 5.32 Å². The molecule has 90 valence electrons. The summed E-state index contributed by atoms with van der Waals surface area (Å²) in [6.07, 6.45) is 1.81. The summed E-state index contributed by atoms with van der Waals surface area (Å²) >= 11 is 0. The lowest BCUT2D eigenvalue weighted by molar-refractivity contribution is -0.119. The van der Waals surface area contributed by atoms with Crippen LogP contribution in [0.1, 0.15) is 6.92 Å². The van der Waals surface area contributed by atoms with Crippen molar-refractivity contribution in [1.82, 2.24) is 19.9 Å². The molecule has 0 aliphatic heterocycles. The first-order valence-electron chi connectivity index (χ1n) is 5.47. The second-order valence-electron chi connectivity index (χ2n) is 3.90. The maximum atomic E-state index is 11.8. The first-order valence-corrected chi connectivity index (χ1v) is 5.47. The molecule has 0 radical (unpaired) electrons. The highest BCUT2D eigenvalue weighted by atomic mass is 16.2. The fraction of sp³-hybridized carbons (Fsp3) is 0.364. The highest BCUT2D eigenvalue weighted by Gasteiger charge is 2.14. The molecule has 2 N–H and O–H groups in total. The van der Waals surface area contributed by atoms with Crippen molar-refractivity contribution < 1.29 is 4.79 Å². The first-order chi connectivity index (χ1) is 8.22. The molecular weight excluding hydrogens is 218 g/mol. The van der Waals surface area contributed by atoms with Gasteiger partial charge >= 0.3 is 0 Å². The summed E-state index contributed by atoms with van der Waals surface area (Å²) in [6.45, 7) is 2.48. The van der Waals surface area contributed by atoms with Crippen LogP contribution >= 0.6 is 0 Å². The number of hydrogen-bond donors (Lipinski definition) is 2. The Morgan fingerprint density at radius 1 is 1.47 bits per heavy atom. The SMILES string of the molecule is CNCC(C)C(=O)Nc1nnc2ccccn12. The molecule has 6 nitrogen and oxygen atoms in total. The van der Waals surface area contributed by atoms with E-state index in [4.69, 9.17) is 0 Å². The zero-order chi connectivity index (χ0) is 12.3. The van der Waals surface area contributed by atoms with Crippen LogP contribution in [-0.4, -0.2) is 34.1 Å². The minimum Gasteiger partial charge on any atom is -0.319 e. The normalized spacial score (nSPS) is 12.6. The van der Waals surface area contributed by atoms with Gasteiger partial charge in [-0.1, -0.05) is 13.0 Å². The van der Waals surface area contributed by atoms with E-state index in [-0.39, 0.29) is 11.8 Å². The van der Waals surface area contributed by atoms with E-state index in [2.05, 4.69) is 20.8 Å². The number of fused-ring (bicyclic) bond motifs is 1. The molecule has 1 amide bonds. The maximum Gasteiger partial charge on any atom is 0.235 e. The highest BCUT2D eigenvalue weighted by molar-refractivity contribution is 5.91. The van der Waals surface area contributed by atoms with Gasteiger partial charge in [-0.25, -0.2) is 0 Å². The molecular formula is C11H15N5O. The molecule has 2 aromatic heterocycles. The number of anilines is 1. The van der Waals surface area contributed by atoms with E-state index < -0.39 is 0 Å². The van der Waals surface area contributed by atoms with Gasteiger partial charge in [-0.3, -0.25) is 14.5 Å². The van der Waals surface area contributed by atoms with E-state index in [1.807, 2.05) is 38.4 Å². The summed E-state index contributed by atoms with van der Waals surface area (Å²) in [6, 6.07) is 5.57. The molecule has 6 heteroatoms. The van der Waals surface area contributed by atoms with Crippen LogP contribution in [-0.2, 0) is 4.79 Å². The molecule has 0 aliphatic carbocycles. The van der Waals surface area contributed by atoms with Gasteiger partial charge in [0.25, 0.3) is 0 Å². The predicted octanol–water partition coefficient (Wildman–Crippen LogP) is 0.523. The summed E-state index contributed by atoms with van der Waals surface area (Å²) in [4.78, 5) is 11.8. The number of nitrogens with one attached hydrogen (secondary N) is 2. The Bertz CT molecular complexity index is 521. The van der Waals surface area contributed by atoms with Gasteiger partial charge in [0.05, 0.1) is 0 Å². The zero-order valence-electron chi connectivity index (χ0n) is 9.84. The predicted molar refractivity (Wildman–Crippen MR) is 64.7 cm³/mol. The summed E-state index contributed by atoms with van der Waals surface area (Å²) in [7, 11) is 1.82. The Labute approximate surface area is 99.0 Å². The quantitative estimate of drug-likeness (QED) is 0.807. The number of amides is 1. The van der Waals surface area contributed by atoms with Crippen molar-refractivity contribution in [3.63, 3.8) is 0 Å². The molecule has 1 atom stereocenters. The number of nitrogens with zero attached hydrogens (tertiary/aromatic N) is 3. The fourth-order valence-electron chi connectivity index (χ4n) is 1.56. The third-order valence-electron chi connectivity index (χ3n) is 2.51. The van der Waals surface area contributed by atoms with Crippen LogP contribution in [0.15, 0.2) is 24.4 Å². The highest BCUT2D eigenvalue weighted by Crippen LogP contribution is 2.08. The van der Waals surface area contributed by atoms with Gasteiger partial charge in [-0.05, 0) is 19.2 Å². The van der Waals surface area contributed by atoms with Crippen molar-refractivity contribution in [3.05, 3.63) is 24.4 Å². The van der Waals surface area contributed by atoms with E-state index in [0.717, 1.165) is 0 Å². The van der Waals surface area contributed by atoms with Gasteiger partial charge in [0, 0.05) is 18.7 Å². The number of pyridine rings is 1. The van der Waals surface area contributed by atoms with Crippen LogP contribution in [0.5, 0.6) is 0 Å². The molecule has 2 aromatic rings. The summed E-state index contributed by atoms with van der Waals surface area (Å²) in [5.41, 5.74) is 0.712. The number of carbonyl (C=O) groups is 1. The van der Waals surface area contributed by atoms with Crippen molar-refractivity contribution >= 4 is 17.5 Å². The summed E-state index contributed by atoms with van der Waals surface area (Å²) in [5.74, 6) is 0.266.